The first kappa shape index (κ1) is 45.3. The maximum Gasteiger partial charge on any atom is 0.326 e. The Balaban J connectivity index is 2.10. The fourth-order valence-electron chi connectivity index (χ4n) is 5.33. The van der Waals surface area contributed by atoms with E-state index >= 15 is 0 Å². The van der Waals surface area contributed by atoms with E-state index < -0.39 is 115 Å². The van der Waals surface area contributed by atoms with Gasteiger partial charge in [-0.1, -0.05) is 13.8 Å². The maximum absolute atomic E-state index is 14.0. The summed E-state index contributed by atoms with van der Waals surface area (Å²) in [5.74, 6) is -10.6. The van der Waals surface area contributed by atoms with Crippen LogP contribution in [0.5, 0.6) is 5.75 Å². The van der Waals surface area contributed by atoms with Crippen LogP contribution in [0.25, 0.3) is 0 Å². The second-order valence-corrected chi connectivity index (χ2v) is 13.3. The average molecular weight is 805 g/mol. The monoisotopic (exact) mass is 804 g/mol. The van der Waals surface area contributed by atoms with Crippen molar-refractivity contribution in [3.8, 4) is 5.75 Å². The van der Waals surface area contributed by atoms with Crippen LogP contribution in [0.1, 0.15) is 33.6 Å². The van der Waals surface area contributed by atoms with Gasteiger partial charge in [0.1, 0.15) is 54.9 Å². The van der Waals surface area contributed by atoms with Crippen LogP contribution >= 0.6 is 25.3 Å². The van der Waals surface area contributed by atoms with Gasteiger partial charge >= 0.3 is 17.9 Å². The molecule has 0 radical (unpaired) electrons. The molecule has 1 heterocycles. The number of ether oxygens (including phenoxy) is 1. The number of halogens is 1. The van der Waals surface area contributed by atoms with E-state index in [0.717, 1.165) is 23.1 Å². The SMILES string of the molecule is CC(C)C(NC(=O)C(CS)NC(=O)C(NC(=O)C(CS)NC(=O)COc1ccc(F)cc1N(CC(=O)O)CC(=O)O)C(C)O)C(=O)N1CCCC1C(=O)O. The number of nitrogens with one attached hydrogen (secondary N) is 4. The highest BCUT2D eigenvalue weighted by Crippen LogP contribution is 2.29. The van der Waals surface area contributed by atoms with E-state index in [0.29, 0.717) is 6.42 Å². The van der Waals surface area contributed by atoms with Gasteiger partial charge in [0.2, 0.25) is 23.6 Å². The number of amides is 5. The van der Waals surface area contributed by atoms with Crippen molar-refractivity contribution in [1.82, 2.24) is 26.2 Å². The van der Waals surface area contributed by atoms with Crippen molar-refractivity contribution in [2.45, 2.75) is 69.9 Å². The molecule has 1 aliphatic heterocycles. The van der Waals surface area contributed by atoms with E-state index in [1.54, 1.807) is 13.8 Å². The van der Waals surface area contributed by atoms with Gasteiger partial charge in [-0.25, -0.2) is 9.18 Å². The summed E-state index contributed by atoms with van der Waals surface area (Å²) in [7, 11) is 0. The van der Waals surface area contributed by atoms with Crippen molar-refractivity contribution in [1.29, 1.82) is 0 Å². The summed E-state index contributed by atoms with van der Waals surface area (Å²) in [5, 5.41) is 47.7. The molecule has 2 rings (SSSR count). The molecule has 1 aromatic carbocycles. The van der Waals surface area contributed by atoms with Crippen LogP contribution < -0.4 is 30.9 Å². The number of carbonyl (C=O) groups is 8. The molecule has 1 saturated heterocycles. The van der Waals surface area contributed by atoms with Gasteiger partial charge in [0.05, 0.1) is 11.8 Å². The van der Waals surface area contributed by atoms with Crippen molar-refractivity contribution in [2.75, 3.05) is 42.6 Å². The molecule has 19 nitrogen and oxygen atoms in total. The number of nitrogens with zero attached hydrogens (tertiary/aromatic N) is 2. The van der Waals surface area contributed by atoms with Crippen molar-refractivity contribution in [2.24, 2.45) is 5.92 Å². The highest BCUT2D eigenvalue weighted by atomic mass is 32.1. The highest BCUT2D eigenvalue weighted by molar-refractivity contribution is 7.80. The van der Waals surface area contributed by atoms with Crippen LogP contribution in [-0.2, 0) is 38.4 Å². The Bertz CT molecular complexity index is 1550. The van der Waals surface area contributed by atoms with E-state index in [2.05, 4.69) is 46.5 Å². The number of benzene rings is 1. The smallest absolute Gasteiger partial charge is 0.326 e. The maximum atomic E-state index is 14.0. The van der Waals surface area contributed by atoms with Gasteiger partial charge in [-0.15, -0.1) is 0 Å². The van der Waals surface area contributed by atoms with E-state index in [-0.39, 0.29) is 35.9 Å². The molecule has 1 aliphatic rings. The second kappa shape index (κ2) is 21.2. The zero-order valence-electron chi connectivity index (χ0n) is 29.6. The molecule has 0 spiro atoms. The number of hydrogen-bond donors (Lipinski definition) is 10. The lowest BCUT2D eigenvalue weighted by atomic mass is 10.0. The van der Waals surface area contributed by atoms with Crippen LogP contribution in [0.15, 0.2) is 18.2 Å². The van der Waals surface area contributed by atoms with Crippen molar-refractivity contribution in [3.63, 3.8) is 0 Å². The fraction of sp³-hybridized carbons (Fsp3) is 0.562. The fourth-order valence-corrected chi connectivity index (χ4v) is 5.85. The molecule has 0 aliphatic carbocycles. The number of rotatable bonds is 21. The van der Waals surface area contributed by atoms with Gasteiger partial charge in [-0.2, -0.15) is 25.3 Å². The summed E-state index contributed by atoms with van der Waals surface area (Å²) in [6, 6.07) is -3.87. The number of carbonyl (C=O) groups excluding carboxylic acids is 5. The summed E-state index contributed by atoms with van der Waals surface area (Å²) < 4.78 is 19.4. The molecule has 0 saturated carbocycles. The van der Waals surface area contributed by atoms with Crippen LogP contribution in [-0.4, -0.2) is 147 Å². The third kappa shape index (κ3) is 13.2. The molecule has 1 aromatic rings. The van der Waals surface area contributed by atoms with Gasteiger partial charge in [0, 0.05) is 24.1 Å². The molecular weight excluding hydrogens is 760 g/mol. The molecule has 6 atom stereocenters. The number of aliphatic hydroxyl groups is 1. The van der Waals surface area contributed by atoms with E-state index in [9.17, 15) is 63.2 Å². The summed E-state index contributed by atoms with van der Waals surface area (Å²) in [5.41, 5.74) is -0.278. The third-order valence-corrected chi connectivity index (χ3v) is 8.77. The molecule has 1 fully saturated rings. The Morgan fingerprint density at radius 1 is 0.870 bits per heavy atom. The highest BCUT2D eigenvalue weighted by Gasteiger charge is 2.40. The Hall–Kier alpha value is -4.83. The minimum Gasteiger partial charge on any atom is -0.482 e. The largest absolute Gasteiger partial charge is 0.482 e. The molecule has 5 amide bonds. The third-order valence-electron chi connectivity index (χ3n) is 8.04. The van der Waals surface area contributed by atoms with Crippen molar-refractivity contribution >= 4 is 78.4 Å². The minimum atomic E-state index is -1.68. The predicted molar refractivity (Wildman–Crippen MR) is 194 cm³/mol. The van der Waals surface area contributed by atoms with Gasteiger partial charge in [0.25, 0.3) is 5.91 Å². The van der Waals surface area contributed by atoms with Crippen LogP contribution in [0, 0.1) is 11.7 Å². The lowest BCUT2D eigenvalue weighted by Gasteiger charge is -2.31. The quantitative estimate of drug-likeness (QED) is 0.0608. The number of carboxylic acids is 3. The summed E-state index contributed by atoms with van der Waals surface area (Å²) >= 11 is 8.17. The van der Waals surface area contributed by atoms with E-state index in [1.165, 1.54) is 11.8 Å². The normalized spacial score (nSPS) is 16.6. The molecular formula is C32H45FN6O13S2. The summed E-state index contributed by atoms with van der Waals surface area (Å²) in [6.45, 7) is 2.13. The number of likely N-dealkylation sites (tertiary alicyclic amines) is 1. The minimum absolute atomic E-state index is 0.190. The first-order chi connectivity index (χ1) is 25.3. The summed E-state index contributed by atoms with van der Waals surface area (Å²) in [4.78, 5) is 102. The number of anilines is 1. The number of aliphatic hydroxyl groups excluding tert-OH is 1. The van der Waals surface area contributed by atoms with Crippen LogP contribution in [0.3, 0.4) is 0 Å². The first-order valence-electron chi connectivity index (χ1n) is 16.6. The molecule has 6 unspecified atom stereocenters. The Morgan fingerprint density at radius 3 is 1.93 bits per heavy atom. The van der Waals surface area contributed by atoms with Gasteiger partial charge in [-0.05, 0) is 37.8 Å². The number of hydrogen-bond acceptors (Lipinski definition) is 13. The van der Waals surface area contributed by atoms with Gasteiger partial charge < -0.3 is 56.2 Å². The Labute approximate surface area is 320 Å². The number of carboxylic acid groups (broad SMARTS) is 3. The number of aliphatic carboxylic acids is 3. The molecule has 54 heavy (non-hydrogen) atoms. The lowest BCUT2D eigenvalue weighted by Crippen LogP contribution is -2.62. The Morgan fingerprint density at radius 2 is 1.43 bits per heavy atom. The Kier molecular flexibility index (Phi) is 17.8. The topological polar surface area (TPSA) is 281 Å². The number of thiol groups is 2. The van der Waals surface area contributed by atoms with E-state index in [1.807, 2.05) is 0 Å². The molecule has 0 bridgehead atoms. The van der Waals surface area contributed by atoms with Crippen LogP contribution in [0.4, 0.5) is 10.1 Å². The van der Waals surface area contributed by atoms with Gasteiger partial charge in [0.15, 0.2) is 6.61 Å². The zero-order valence-corrected chi connectivity index (χ0v) is 31.3. The van der Waals surface area contributed by atoms with Crippen molar-refractivity contribution < 1.29 is 67.9 Å². The molecule has 22 heteroatoms. The lowest BCUT2D eigenvalue weighted by molar-refractivity contribution is -0.150. The van der Waals surface area contributed by atoms with Crippen LogP contribution in [0.2, 0.25) is 0 Å². The standard InChI is InChI=1S/C32H45FN6O13S2/c1-15(2)26(31(49)39-8-4-5-20(39)32(50)51)36-29(47)19(14-54)35-30(48)27(16(3)40)37-28(46)18(13-53)34-23(41)12-52-22-7-6-17(33)9-21(22)38(10-24(42)43)11-25(44)45/h6-7,9,15-16,18-20,26-27,40,53-54H,4-5,8,10-14H2,1-3H3,(H,34,41)(H,35,48)(H,36,47)(H,37,46)(H,42,43)(H,44,45)(H,50,51). The van der Waals surface area contributed by atoms with E-state index in [4.69, 9.17) is 4.74 Å². The predicted octanol–water partition coefficient (Wildman–Crippen LogP) is -1.91. The van der Waals surface area contributed by atoms with Crippen molar-refractivity contribution in [3.05, 3.63) is 24.0 Å². The average Bonchev–Trinajstić information content (AvgIpc) is 3.59. The molecule has 0 aromatic heterocycles. The zero-order chi connectivity index (χ0) is 40.9. The first-order valence-corrected chi connectivity index (χ1v) is 17.8. The second-order valence-electron chi connectivity index (χ2n) is 12.6. The molecule has 300 valence electrons. The molecule has 8 N–H and O–H groups in total. The summed E-state index contributed by atoms with van der Waals surface area (Å²) in [6.07, 6.45) is -0.812. The van der Waals surface area contributed by atoms with Gasteiger partial charge in [-0.3, -0.25) is 33.6 Å².